The summed E-state index contributed by atoms with van der Waals surface area (Å²) in [5.74, 6) is 1.42. The molecule has 10 nitrogen and oxygen atoms in total. The first-order valence-corrected chi connectivity index (χ1v) is 11.4. The van der Waals surface area contributed by atoms with Crippen molar-refractivity contribution in [2.75, 3.05) is 26.2 Å². The van der Waals surface area contributed by atoms with Gasteiger partial charge in [-0.25, -0.2) is 25.8 Å². The Morgan fingerprint density at radius 2 is 1.40 bits per heavy atom. The van der Waals surface area contributed by atoms with Crippen molar-refractivity contribution >= 4 is 42.1 Å². The summed E-state index contributed by atoms with van der Waals surface area (Å²) in [6.07, 6.45) is 15.2. The number of fused-ring (bicyclic) bond motifs is 1. The van der Waals surface area contributed by atoms with E-state index in [4.69, 9.17) is 4.98 Å². The summed E-state index contributed by atoms with van der Waals surface area (Å²) in [6, 6.07) is 12.3. The molecule has 0 unspecified atom stereocenters. The minimum atomic E-state index is 0.709. The van der Waals surface area contributed by atoms with Gasteiger partial charge in [-0.15, -0.1) is 0 Å². The monoisotopic (exact) mass is 466 g/mol. The molecule has 0 amide bonds. The number of rotatable bonds is 7. The first kappa shape index (κ1) is 22.1. The highest BCUT2D eigenvalue weighted by Gasteiger charge is 2.05. The van der Waals surface area contributed by atoms with Gasteiger partial charge in [0, 0.05) is 43.5 Å². The van der Waals surface area contributed by atoms with E-state index in [9.17, 15) is 0 Å². The smallest absolute Gasteiger partial charge is 0.212 e. The number of aliphatic imine (C=N–C) groups is 2. The number of pyridine rings is 1. The lowest BCUT2D eigenvalue weighted by atomic mass is 10.1. The molecule has 3 aromatic rings. The van der Waals surface area contributed by atoms with Gasteiger partial charge < -0.3 is 15.0 Å². The third kappa shape index (κ3) is 5.99. The summed E-state index contributed by atoms with van der Waals surface area (Å²) in [7, 11) is 0. The number of hydrazone groups is 2. The number of allylic oxidation sites excluding steroid dienone is 2. The van der Waals surface area contributed by atoms with E-state index in [1.807, 2.05) is 53.2 Å². The fraction of sp³-hybridized carbons (Fsp3) is 0.160. The Morgan fingerprint density at radius 1 is 0.771 bits per heavy atom. The van der Waals surface area contributed by atoms with Gasteiger partial charge in [0.15, 0.2) is 0 Å². The number of nitrogens with one attached hydrogen (secondary N) is 4. The van der Waals surface area contributed by atoms with E-state index in [1.54, 1.807) is 12.4 Å². The number of benzene rings is 1. The molecular formula is C25H26N10. The van der Waals surface area contributed by atoms with Crippen LogP contribution in [0.25, 0.3) is 29.1 Å². The highest BCUT2D eigenvalue weighted by molar-refractivity contribution is 5.85. The zero-order chi connectivity index (χ0) is 23.7. The first-order valence-electron chi connectivity index (χ1n) is 11.4. The van der Waals surface area contributed by atoms with Crippen molar-refractivity contribution in [1.82, 2.24) is 30.9 Å². The molecule has 2 aromatic heterocycles. The number of imidazole rings is 1. The summed E-state index contributed by atoms with van der Waals surface area (Å²) in [5, 5.41) is 14.4. The SMILES string of the molecule is C(=C\c1ccc(-c2cn3cc(/C=C/C=N/NC4=NCCN4)ccc3n2)cc1)/C=N/NC1=NCCN1. The fourth-order valence-electron chi connectivity index (χ4n) is 3.55. The molecule has 0 atom stereocenters. The highest BCUT2D eigenvalue weighted by atomic mass is 15.4. The zero-order valence-corrected chi connectivity index (χ0v) is 19.1. The minimum absolute atomic E-state index is 0.709. The van der Waals surface area contributed by atoms with Crippen LogP contribution in [0.1, 0.15) is 11.1 Å². The predicted octanol–water partition coefficient (Wildman–Crippen LogP) is 2.10. The summed E-state index contributed by atoms with van der Waals surface area (Å²) in [4.78, 5) is 13.2. The van der Waals surface area contributed by atoms with Crippen LogP contribution in [0.15, 0.2) is 81.1 Å². The zero-order valence-electron chi connectivity index (χ0n) is 19.1. The summed E-state index contributed by atoms with van der Waals surface area (Å²) < 4.78 is 2.03. The van der Waals surface area contributed by atoms with Gasteiger partial charge >= 0.3 is 0 Å². The van der Waals surface area contributed by atoms with Crippen LogP contribution in [0.5, 0.6) is 0 Å². The standard InChI is InChI=1S/C25H26N10/c1(11-30-33-24-26-13-14-27-24)3-19-5-8-21(9-6-19)22-18-35-17-20(7-10-23(35)32-22)4-2-12-31-34-25-28-15-16-29-25/h1-12,17-18H,13-16H2,(H2,26,27,33)(H2,28,29,34)/b3-1+,4-2+,30-11+,31-12+. The molecule has 1 aromatic carbocycles. The number of nitrogens with zero attached hydrogens (tertiary/aromatic N) is 6. The van der Waals surface area contributed by atoms with Gasteiger partial charge in [0.1, 0.15) is 5.65 Å². The number of hydrogen-bond donors (Lipinski definition) is 4. The quantitative estimate of drug-likeness (QED) is 0.315. The van der Waals surface area contributed by atoms with Crippen molar-refractivity contribution < 1.29 is 0 Å². The third-order valence-electron chi connectivity index (χ3n) is 5.27. The lowest BCUT2D eigenvalue weighted by Crippen LogP contribution is -2.29. The molecule has 35 heavy (non-hydrogen) atoms. The predicted molar refractivity (Wildman–Crippen MR) is 143 cm³/mol. The number of aromatic nitrogens is 2. The van der Waals surface area contributed by atoms with Crippen LogP contribution in [-0.2, 0) is 0 Å². The molecule has 2 aliphatic heterocycles. The van der Waals surface area contributed by atoms with Crippen molar-refractivity contribution in [1.29, 1.82) is 0 Å². The van der Waals surface area contributed by atoms with E-state index in [1.165, 1.54) is 0 Å². The van der Waals surface area contributed by atoms with Crippen LogP contribution in [0, 0.1) is 0 Å². The average Bonchev–Trinajstić information content (AvgIpc) is 3.66. The Balaban J connectivity index is 1.18. The lowest BCUT2D eigenvalue weighted by Gasteiger charge is -1.98. The van der Waals surface area contributed by atoms with Crippen molar-refractivity contribution in [3.05, 3.63) is 72.1 Å². The molecule has 0 spiro atoms. The second-order valence-electron chi connectivity index (χ2n) is 7.79. The maximum absolute atomic E-state index is 4.75. The van der Waals surface area contributed by atoms with Crippen LogP contribution in [0.4, 0.5) is 0 Å². The van der Waals surface area contributed by atoms with E-state index in [-0.39, 0.29) is 0 Å². The van der Waals surface area contributed by atoms with Gasteiger partial charge in [0.2, 0.25) is 11.9 Å². The molecule has 0 bridgehead atoms. The molecule has 0 saturated carbocycles. The lowest BCUT2D eigenvalue weighted by molar-refractivity contribution is 0.920. The summed E-state index contributed by atoms with van der Waals surface area (Å²) in [5.41, 5.74) is 10.8. The first-order chi connectivity index (χ1) is 17.3. The van der Waals surface area contributed by atoms with E-state index in [2.05, 4.69) is 65.9 Å². The second kappa shape index (κ2) is 10.9. The topological polar surface area (TPSA) is 115 Å². The van der Waals surface area contributed by atoms with Gasteiger partial charge in [-0.05, 0) is 35.4 Å². The molecule has 0 fully saturated rings. The van der Waals surface area contributed by atoms with Crippen LogP contribution in [0.3, 0.4) is 0 Å². The molecule has 4 heterocycles. The van der Waals surface area contributed by atoms with Crippen LogP contribution in [-0.4, -0.2) is 59.9 Å². The van der Waals surface area contributed by atoms with Gasteiger partial charge in [0.25, 0.3) is 0 Å². The van der Waals surface area contributed by atoms with Gasteiger partial charge in [-0.1, -0.05) is 36.4 Å². The fourth-order valence-corrected chi connectivity index (χ4v) is 3.55. The van der Waals surface area contributed by atoms with Crippen molar-refractivity contribution in [2.45, 2.75) is 0 Å². The average molecular weight is 467 g/mol. The second-order valence-corrected chi connectivity index (χ2v) is 7.79. The molecule has 176 valence electrons. The van der Waals surface area contributed by atoms with Crippen LogP contribution >= 0.6 is 0 Å². The Morgan fingerprint density at radius 3 is 2.03 bits per heavy atom. The number of guanidine groups is 2. The summed E-state index contributed by atoms with van der Waals surface area (Å²) >= 11 is 0. The van der Waals surface area contributed by atoms with Gasteiger partial charge in [-0.2, -0.15) is 10.2 Å². The van der Waals surface area contributed by atoms with Crippen LogP contribution in [0.2, 0.25) is 0 Å². The molecule has 0 saturated heterocycles. The normalized spacial score (nSPS) is 15.9. The van der Waals surface area contributed by atoms with E-state index in [0.29, 0.717) is 11.9 Å². The Hall–Kier alpha value is -4.73. The molecule has 0 aliphatic carbocycles. The van der Waals surface area contributed by atoms with Crippen molar-refractivity contribution in [2.24, 2.45) is 20.2 Å². The van der Waals surface area contributed by atoms with Gasteiger partial charge in [-0.3, -0.25) is 0 Å². The van der Waals surface area contributed by atoms with Gasteiger partial charge in [0.05, 0.1) is 18.8 Å². The largest absolute Gasteiger partial charge is 0.353 e. The van der Waals surface area contributed by atoms with Crippen molar-refractivity contribution in [3.8, 4) is 11.3 Å². The van der Waals surface area contributed by atoms with E-state index >= 15 is 0 Å². The highest BCUT2D eigenvalue weighted by Crippen LogP contribution is 2.21. The molecule has 2 aliphatic rings. The van der Waals surface area contributed by atoms with Crippen LogP contribution < -0.4 is 21.5 Å². The summed E-state index contributed by atoms with van der Waals surface area (Å²) in [6.45, 7) is 3.27. The molecule has 0 radical (unpaired) electrons. The van der Waals surface area contributed by atoms with Crippen molar-refractivity contribution in [3.63, 3.8) is 0 Å². The Kier molecular flexibility index (Phi) is 6.89. The maximum atomic E-state index is 4.75. The molecule has 4 N–H and O–H groups in total. The Labute approximate surface area is 203 Å². The maximum Gasteiger partial charge on any atom is 0.212 e. The third-order valence-corrected chi connectivity index (χ3v) is 5.27. The minimum Gasteiger partial charge on any atom is -0.353 e. The molecular weight excluding hydrogens is 440 g/mol. The van der Waals surface area contributed by atoms with E-state index < -0.39 is 0 Å². The molecule has 10 heteroatoms. The Bertz CT molecular complexity index is 1340. The number of hydrogen-bond acceptors (Lipinski definition) is 9. The molecule has 5 rings (SSSR count). The van der Waals surface area contributed by atoms with E-state index in [0.717, 1.165) is 54.2 Å².